The Hall–Kier alpha value is -5.82. The molecule has 13 nitrogen and oxygen atoms in total. The van der Waals surface area contributed by atoms with E-state index in [-0.39, 0.29) is 88.6 Å². The third-order valence-electron chi connectivity index (χ3n) is 13.9. The summed E-state index contributed by atoms with van der Waals surface area (Å²) in [5.74, 6) is 1.14. The molecule has 342 valence electrons. The van der Waals surface area contributed by atoms with E-state index in [1.807, 2.05) is 46.4 Å². The normalized spacial score (nSPS) is 25.2. The number of ether oxygens (including phenoxy) is 3. The van der Waals surface area contributed by atoms with Gasteiger partial charge >= 0.3 is 17.9 Å². The third kappa shape index (κ3) is 7.34. The zero-order chi connectivity index (χ0) is 45.9. The van der Waals surface area contributed by atoms with Crippen molar-refractivity contribution in [1.29, 1.82) is 0 Å². The summed E-state index contributed by atoms with van der Waals surface area (Å²) in [6.07, 6.45) is 8.42. The van der Waals surface area contributed by atoms with Crippen molar-refractivity contribution in [2.75, 3.05) is 31.1 Å². The molecule has 0 saturated carbocycles. The van der Waals surface area contributed by atoms with Crippen molar-refractivity contribution in [3.8, 4) is 35.4 Å². The number of hydrogen-bond acceptors (Lipinski definition) is 12. The van der Waals surface area contributed by atoms with E-state index in [0.717, 1.165) is 32.2 Å². The number of pyridine rings is 1. The fourth-order valence-corrected chi connectivity index (χ4v) is 11.3. The Morgan fingerprint density at radius 3 is 2.58 bits per heavy atom. The molecule has 65 heavy (non-hydrogen) atoms. The molecule has 2 aromatic carbocycles. The number of rotatable bonds is 7. The first-order chi connectivity index (χ1) is 30.8. The second-order valence-electron chi connectivity index (χ2n) is 20.5. The Kier molecular flexibility index (Phi) is 10.2. The summed E-state index contributed by atoms with van der Waals surface area (Å²) in [6.45, 7) is 14.7. The predicted octanol–water partition coefficient (Wildman–Crippen LogP) is 8.63. The van der Waals surface area contributed by atoms with E-state index in [1.54, 1.807) is 12.1 Å². The minimum Gasteiger partial charge on any atom is -0.485 e. The Bertz CT molecular complexity index is 2860. The van der Waals surface area contributed by atoms with Gasteiger partial charge in [-0.25, -0.2) is 27.7 Å². The Morgan fingerprint density at radius 1 is 1.03 bits per heavy atom. The van der Waals surface area contributed by atoms with Gasteiger partial charge in [0.1, 0.15) is 53.6 Å². The summed E-state index contributed by atoms with van der Waals surface area (Å²) in [5.41, 5.74) is -1.45. The molecular weight excluding hydrogens is 842 g/mol. The summed E-state index contributed by atoms with van der Waals surface area (Å²) >= 11 is 0. The van der Waals surface area contributed by atoms with Crippen LogP contribution in [0.5, 0.6) is 11.8 Å². The van der Waals surface area contributed by atoms with Crippen LogP contribution in [0.3, 0.4) is 0 Å². The highest BCUT2D eigenvalue weighted by molar-refractivity contribution is 6.03. The smallest absolute Gasteiger partial charge is 0.485 e. The number of amides is 1. The number of halogens is 3. The van der Waals surface area contributed by atoms with Crippen LogP contribution in [0.25, 0.3) is 32.9 Å². The van der Waals surface area contributed by atoms with Gasteiger partial charge in [0.2, 0.25) is 0 Å². The van der Waals surface area contributed by atoms with Gasteiger partial charge in [-0.1, -0.05) is 39.7 Å². The van der Waals surface area contributed by atoms with Crippen LogP contribution in [0.15, 0.2) is 37.9 Å². The minimum atomic E-state index is -0.986. The lowest BCUT2D eigenvalue weighted by molar-refractivity contribution is 0.00489. The van der Waals surface area contributed by atoms with E-state index in [2.05, 4.69) is 22.6 Å². The number of aromatic nitrogens is 3. The van der Waals surface area contributed by atoms with Crippen molar-refractivity contribution >= 4 is 33.6 Å². The van der Waals surface area contributed by atoms with Crippen molar-refractivity contribution in [2.24, 2.45) is 5.92 Å². The van der Waals surface area contributed by atoms with E-state index >= 15 is 8.78 Å². The SMILES string of the molecule is C#Cc1c(F)ccc2cc(OCc3oc(=O)oc3C(C)(C)C)cc(-c3nc4c5c(nc(OCC67CCCN6C[C@H](F)C7)nc5c3F)N3C[C@H]5CC[C@@H]([C@@H]3[C@@H](C)C4)N5C(=O)OC(C)(C)C)c12. The van der Waals surface area contributed by atoms with Crippen molar-refractivity contribution in [3.05, 3.63) is 69.3 Å². The highest BCUT2D eigenvalue weighted by Gasteiger charge is 2.54. The number of benzene rings is 2. The van der Waals surface area contributed by atoms with Crippen molar-refractivity contribution in [3.63, 3.8) is 0 Å². The van der Waals surface area contributed by atoms with Gasteiger partial charge < -0.3 is 27.9 Å². The highest BCUT2D eigenvalue weighted by Crippen LogP contribution is 2.48. The van der Waals surface area contributed by atoms with Crippen molar-refractivity contribution in [2.45, 2.75) is 134 Å². The molecule has 0 radical (unpaired) electrons. The topological polar surface area (TPSA) is 136 Å². The molecule has 4 saturated heterocycles. The predicted molar refractivity (Wildman–Crippen MR) is 236 cm³/mol. The van der Waals surface area contributed by atoms with Gasteiger partial charge in [0.25, 0.3) is 0 Å². The highest BCUT2D eigenvalue weighted by atomic mass is 19.1. The molecule has 5 aromatic rings. The molecule has 5 aliphatic rings. The number of piperazine rings is 1. The second-order valence-corrected chi connectivity index (χ2v) is 20.5. The molecule has 0 aliphatic carbocycles. The third-order valence-corrected chi connectivity index (χ3v) is 13.9. The number of alkyl halides is 1. The first-order valence-electron chi connectivity index (χ1n) is 22.5. The molecule has 2 bridgehead atoms. The molecular formula is C49H53F3N6O7. The molecule has 16 heteroatoms. The number of hydrogen-bond donors (Lipinski definition) is 0. The molecule has 4 fully saturated rings. The maximum atomic E-state index is 18.0. The number of fused-ring (bicyclic) bond motifs is 7. The van der Waals surface area contributed by atoms with E-state index in [0.29, 0.717) is 54.0 Å². The number of carbonyl (C=O) groups is 1. The van der Waals surface area contributed by atoms with Gasteiger partial charge in [-0.3, -0.25) is 9.80 Å². The minimum absolute atomic E-state index is 0.0524. The van der Waals surface area contributed by atoms with Crippen LogP contribution in [0.1, 0.15) is 103 Å². The second kappa shape index (κ2) is 15.4. The summed E-state index contributed by atoms with van der Waals surface area (Å²) in [5, 5.41) is 1.09. The zero-order valence-electron chi connectivity index (χ0n) is 37.7. The average molecular weight is 895 g/mol. The van der Waals surface area contributed by atoms with E-state index in [1.165, 1.54) is 12.1 Å². The first-order valence-corrected chi connectivity index (χ1v) is 22.5. The van der Waals surface area contributed by atoms with Crippen molar-refractivity contribution < 1.29 is 41.0 Å². The summed E-state index contributed by atoms with van der Waals surface area (Å²) in [6, 6.07) is 5.20. The quantitative estimate of drug-likeness (QED) is 0.145. The molecule has 8 heterocycles. The van der Waals surface area contributed by atoms with E-state index < -0.39 is 40.2 Å². The first kappa shape index (κ1) is 43.1. The number of carbonyl (C=O) groups excluding carboxylic acids is 1. The fraction of sp³-hybridized carbons (Fsp3) is 0.531. The molecule has 0 spiro atoms. The van der Waals surface area contributed by atoms with E-state index in [9.17, 15) is 14.0 Å². The lowest BCUT2D eigenvalue weighted by Gasteiger charge is -2.49. The van der Waals surface area contributed by atoms with Crippen LogP contribution in [-0.2, 0) is 23.2 Å². The van der Waals surface area contributed by atoms with Crippen LogP contribution in [0, 0.1) is 29.9 Å². The molecule has 1 unspecified atom stereocenters. The van der Waals surface area contributed by atoms with Gasteiger partial charge in [0.15, 0.2) is 17.3 Å². The van der Waals surface area contributed by atoms with Gasteiger partial charge in [0.05, 0.1) is 40.3 Å². The van der Waals surface area contributed by atoms with Crippen LogP contribution in [0.4, 0.5) is 23.8 Å². The molecule has 6 atom stereocenters. The van der Waals surface area contributed by atoms with Crippen LogP contribution >= 0.6 is 0 Å². The zero-order valence-corrected chi connectivity index (χ0v) is 37.7. The number of anilines is 1. The fourth-order valence-electron chi connectivity index (χ4n) is 11.3. The Labute approximate surface area is 374 Å². The van der Waals surface area contributed by atoms with Crippen LogP contribution in [-0.4, -0.2) is 92.5 Å². The van der Waals surface area contributed by atoms with Crippen molar-refractivity contribution in [1.82, 2.24) is 24.8 Å². The monoisotopic (exact) mass is 894 g/mol. The summed E-state index contributed by atoms with van der Waals surface area (Å²) in [7, 11) is 0. The van der Waals surface area contributed by atoms with Gasteiger partial charge in [0, 0.05) is 35.9 Å². The summed E-state index contributed by atoms with van der Waals surface area (Å²) in [4.78, 5) is 47.2. The molecule has 1 amide bonds. The lowest BCUT2D eigenvalue weighted by Crippen LogP contribution is -2.63. The summed E-state index contributed by atoms with van der Waals surface area (Å²) < 4.78 is 78.0. The largest absolute Gasteiger partial charge is 0.519 e. The Balaban J connectivity index is 1.14. The molecule has 5 aliphatic heterocycles. The standard InChI is InChI=1S/C49H53F3N6O7/c1-9-30-32(51)13-11-26-18-29(61-23-35-42(47(3,4)5)64-46(60)63-35)19-31(36(26)30)39-38(52)40-37-33(53-39)17-25(2)41-34-14-12-28(58(34)45(59)65-48(6,7)8)22-57(41)43(37)55-44(54-40)62-24-49-15-10-16-56(49)21-27(50)20-49/h1,11,13,18-19,25,27-28,34,41H,10,12,14-17,20-24H2,2-8H3/t25-,27+,28+,34-,41-,49?/m0/s1. The maximum absolute atomic E-state index is 18.0. The van der Waals surface area contributed by atoms with Crippen LogP contribution < -0.4 is 20.2 Å². The number of terminal acetylenes is 1. The maximum Gasteiger partial charge on any atom is 0.519 e. The van der Waals surface area contributed by atoms with Gasteiger partial charge in [-0.2, -0.15) is 9.97 Å². The molecule has 3 aromatic heterocycles. The Morgan fingerprint density at radius 2 is 1.83 bits per heavy atom. The number of nitrogens with zero attached hydrogens (tertiary/aromatic N) is 6. The van der Waals surface area contributed by atoms with Gasteiger partial charge in [-0.15, -0.1) is 6.42 Å². The average Bonchev–Trinajstić information content (AvgIpc) is 3.96. The lowest BCUT2D eigenvalue weighted by atomic mass is 9.88. The molecule has 0 N–H and O–H groups in total. The van der Waals surface area contributed by atoms with Gasteiger partial charge in [-0.05, 0) is 88.9 Å². The molecule has 10 rings (SSSR count). The van der Waals surface area contributed by atoms with E-state index in [4.69, 9.17) is 44.4 Å². The van der Waals surface area contributed by atoms with Crippen LogP contribution in [0.2, 0.25) is 0 Å².